The molecular formula is C7H15NO4. The maximum absolute atomic E-state index is 9.30. The Labute approximate surface area is 70.6 Å². The molecule has 5 nitrogen and oxygen atoms in total. The Morgan fingerprint density at radius 2 is 1.83 bits per heavy atom. The fraction of sp³-hybridized carbons (Fsp3) is 1.00. The zero-order chi connectivity index (χ0) is 9.14. The molecule has 0 aromatic heterocycles. The van der Waals surface area contributed by atoms with Crippen LogP contribution in [-0.2, 0) is 0 Å². The zero-order valence-corrected chi connectivity index (χ0v) is 6.72. The van der Waals surface area contributed by atoms with Crippen molar-refractivity contribution in [2.75, 3.05) is 13.2 Å². The molecule has 1 heterocycles. The quantitative estimate of drug-likeness (QED) is 0.319. The van der Waals surface area contributed by atoms with Crippen molar-refractivity contribution in [2.24, 2.45) is 0 Å². The predicted octanol–water partition coefficient (Wildman–Crippen LogP) is -2.58. The van der Waals surface area contributed by atoms with Gasteiger partial charge in [0.2, 0.25) is 0 Å². The molecule has 1 aliphatic rings. The first-order chi connectivity index (χ1) is 5.69. The van der Waals surface area contributed by atoms with Gasteiger partial charge < -0.3 is 25.7 Å². The molecule has 0 bridgehead atoms. The van der Waals surface area contributed by atoms with E-state index in [4.69, 9.17) is 10.2 Å². The fourth-order valence-corrected chi connectivity index (χ4v) is 1.46. The Morgan fingerprint density at radius 3 is 2.33 bits per heavy atom. The summed E-state index contributed by atoms with van der Waals surface area (Å²) in [4.78, 5) is 0. The summed E-state index contributed by atoms with van der Waals surface area (Å²) in [5.41, 5.74) is 0. The van der Waals surface area contributed by atoms with E-state index in [1.807, 2.05) is 0 Å². The second-order valence-electron chi connectivity index (χ2n) is 3.13. The summed E-state index contributed by atoms with van der Waals surface area (Å²) < 4.78 is 0. The van der Waals surface area contributed by atoms with Crippen molar-refractivity contribution in [2.45, 2.75) is 30.7 Å². The monoisotopic (exact) mass is 177 g/mol. The average Bonchev–Trinajstić information content (AvgIpc) is 2.09. The third kappa shape index (κ3) is 1.94. The number of nitrogens with one attached hydrogen (secondary N) is 1. The minimum Gasteiger partial charge on any atom is -0.395 e. The number of hydrogen-bond acceptors (Lipinski definition) is 5. The number of rotatable bonds is 2. The Kier molecular flexibility index (Phi) is 3.42. The predicted molar refractivity (Wildman–Crippen MR) is 41.5 cm³/mol. The van der Waals surface area contributed by atoms with E-state index >= 15 is 0 Å². The van der Waals surface area contributed by atoms with Gasteiger partial charge in [-0.3, -0.25) is 0 Å². The molecule has 1 fully saturated rings. The van der Waals surface area contributed by atoms with Crippen LogP contribution in [0.5, 0.6) is 0 Å². The van der Waals surface area contributed by atoms with Crippen molar-refractivity contribution in [3.8, 4) is 0 Å². The molecular weight excluding hydrogens is 162 g/mol. The van der Waals surface area contributed by atoms with E-state index in [1.54, 1.807) is 0 Å². The van der Waals surface area contributed by atoms with E-state index < -0.39 is 18.2 Å². The number of aliphatic hydroxyl groups excluding tert-OH is 4. The van der Waals surface area contributed by atoms with Gasteiger partial charge in [0.1, 0.15) is 0 Å². The molecule has 12 heavy (non-hydrogen) atoms. The lowest BCUT2D eigenvalue weighted by Crippen LogP contribution is -2.59. The van der Waals surface area contributed by atoms with Crippen molar-refractivity contribution in [3.05, 3.63) is 0 Å². The van der Waals surface area contributed by atoms with E-state index in [0.29, 0.717) is 6.42 Å². The van der Waals surface area contributed by atoms with Gasteiger partial charge in [0.25, 0.3) is 0 Å². The summed E-state index contributed by atoms with van der Waals surface area (Å²) in [5, 5.41) is 38.9. The van der Waals surface area contributed by atoms with E-state index in [-0.39, 0.29) is 19.3 Å². The molecule has 5 N–H and O–H groups in total. The third-order valence-corrected chi connectivity index (χ3v) is 2.20. The van der Waals surface area contributed by atoms with Crippen LogP contribution in [0.25, 0.3) is 0 Å². The highest BCUT2D eigenvalue weighted by Gasteiger charge is 2.34. The second-order valence-corrected chi connectivity index (χ2v) is 3.13. The molecule has 0 saturated carbocycles. The summed E-state index contributed by atoms with van der Waals surface area (Å²) in [6.07, 6.45) is -1.49. The molecule has 72 valence electrons. The van der Waals surface area contributed by atoms with Crippen LogP contribution < -0.4 is 5.32 Å². The van der Waals surface area contributed by atoms with E-state index in [9.17, 15) is 10.2 Å². The molecule has 4 atom stereocenters. The van der Waals surface area contributed by atoms with Crippen molar-refractivity contribution >= 4 is 0 Å². The van der Waals surface area contributed by atoms with Crippen LogP contribution in [0, 0.1) is 0 Å². The van der Waals surface area contributed by atoms with Gasteiger partial charge in [-0.05, 0) is 6.42 Å². The molecule has 0 spiro atoms. The molecule has 0 aromatic rings. The first kappa shape index (κ1) is 9.88. The van der Waals surface area contributed by atoms with Crippen molar-refractivity contribution in [3.63, 3.8) is 0 Å². The van der Waals surface area contributed by atoms with E-state index in [1.165, 1.54) is 0 Å². The van der Waals surface area contributed by atoms with Crippen molar-refractivity contribution in [1.29, 1.82) is 0 Å². The summed E-state index contributed by atoms with van der Waals surface area (Å²) in [6.45, 7) is -0.338. The standard InChI is InChI=1S/C7H15NO4/c9-2-4-1-6(11)7(12)5(3-10)8-4/h4-12H,1-3H2/t4?,5-,6-,7-/m1/s1. The Bertz CT molecular complexity index is 143. The topological polar surface area (TPSA) is 93.0 Å². The second kappa shape index (κ2) is 4.15. The summed E-state index contributed by atoms with van der Waals surface area (Å²) in [5.74, 6) is 0. The van der Waals surface area contributed by atoms with Gasteiger partial charge in [-0.2, -0.15) is 0 Å². The Hall–Kier alpha value is -0.200. The van der Waals surface area contributed by atoms with Gasteiger partial charge in [-0.1, -0.05) is 0 Å². The maximum atomic E-state index is 9.30. The van der Waals surface area contributed by atoms with Gasteiger partial charge in [0, 0.05) is 6.04 Å². The van der Waals surface area contributed by atoms with Crippen LogP contribution in [-0.4, -0.2) is 57.9 Å². The lowest BCUT2D eigenvalue weighted by molar-refractivity contribution is -0.0563. The lowest BCUT2D eigenvalue weighted by atomic mass is 9.94. The van der Waals surface area contributed by atoms with Crippen molar-refractivity contribution in [1.82, 2.24) is 5.32 Å². The van der Waals surface area contributed by atoms with Gasteiger partial charge in [0.05, 0.1) is 31.5 Å². The summed E-state index contributed by atoms with van der Waals surface area (Å²) in [7, 11) is 0. The van der Waals surface area contributed by atoms with Gasteiger partial charge >= 0.3 is 0 Å². The summed E-state index contributed by atoms with van der Waals surface area (Å²) in [6, 6.07) is -0.772. The molecule has 0 aliphatic carbocycles. The number of hydrogen-bond donors (Lipinski definition) is 5. The van der Waals surface area contributed by atoms with Crippen molar-refractivity contribution < 1.29 is 20.4 Å². The van der Waals surface area contributed by atoms with Gasteiger partial charge in [-0.15, -0.1) is 0 Å². The molecule has 1 unspecified atom stereocenters. The Balaban J connectivity index is 2.52. The van der Waals surface area contributed by atoms with Crippen LogP contribution >= 0.6 is 0 Å². The molecule has 1 saturated heterocycles. The highest BCUT2D eigenvalue weighted by atomic mass is 16.3. The van der Waals surface area contributed by atoms with E-state index in [0.717, 1.165) is 0 Å². The SMILES string of the molecule is OCC1C[C@@H](O)[C@H](O)[C@@H](CO)N1. The largest absolute Gasteiger partial charge is 0.395 e. The zero-order valence-electron chi connectivity index (χ0n) is 6.72. The van der Waals surface area contributed by atoms with Crippen LogP contribution in [0.1, 0.15) is 6.42 Å². The fourth-order valence-electron chi connectivity index (χ4n) is 1.46. The van der Waals surface area contributed by atoms with Crippen LogP contribution in [0.2, 0.25) is 0 Å². The average molecular weight is 177 g/mol. The number of aliphatic hydroxyl groups is 4. The third-order valence-electron chi connectivity index (χ3n) is 2.20. The molecule has 1 rings (SSSR count). The van der Waals surface area contributed by atoms with Crippen LogP contribution in [0.4, 0.5) is 0 Å². The van der Waals surface area contributed by atoms with Crippen LogP contribution in [0.15, 0.2) is 0 Å². The first-order valence-electron chi connectivity index (χ1n) is 4.03. The molecule has 0 radical (unpaired) electrons. The molecule has 5 heteroatoms. The molecule has 0 aromatic carbocycles. The van der Waals surface area contributed by atoms with Crippen LogP contribution in [0.3, 0.4) is 0 Å². The minimum absolute atomic E-state index is 0.0969. The highest BCUT2D eigenvalue weighted by molar-refractivity contribution is 4.91. The van der Waals surface area contributed by atoms with E-state index in [2.05, 4.69) is 5.32 Å². The highest BCUT2D eigenvalue weighted by Crippen LogP contribution is 2.13. The lowest BCUT2D eigenvalue weighted by Gasteiger charge is -2.36. The first-order valence-corrected chi connectivity index (χ1v) is 4.03. The van der Waals surface area contributed by atoms with Gasteiger partial charge in [-0.25, -0.2) is 0 Å². The normalized spacial score (nSPS) is 43.0. The molecule has 0 amide bonds. The Morgan fingerprint density at radius 1 is 1.17 bits per heavy atom. The molecule has 1 aliphatic heterocycles. The number of piperidine rings is 1. The maximum Gasteiger partial charge on any atom is 0.0974 e. The van der Waals surface area contributed by atoms with Gasteiger partial charge in [0.15, 0.2) is 0 Å². The summed E-state index contributed by atoms with van der Waals surface area (Å²) >= 11 is 0. The minimum atomic E-state index is -0.946. The smallest absolute Gasteiger partial charge is 0.0974 e.